The minimum absolute atomic E-state index is 0.384. The van der Waals surface area contributed by atoms with E-state index < -0.39 is 0 Å². The molecule has 6 heteroatoms. The number of hydrogen-bond acceptors (Lipinski definition) is 5. The van der Waals surface area contributed by atoms with E-state index in [1.54, 1.807) is 0 Å². The van der Waals surface area contributed by atoms with Gasteiger partial charge in [-0.1, -0.05) is 17.7 Å². The van der Waals surface area contributed by atoms with Gasteiger partial charge in [0.05, 0.1) is 0 Å². The third-order valence-electron chi connectivity index (χ3n) is 2.99. The Bertz CT molecular complexity index is 619. The average Bonchev–Trinajstić information content (AvgIpc) is 2.49. The molecule has 0 atom stereocenters. The zero-order chi connectivity index (χ0) is 15.2. The predicted octanol–water partition coefficient (Wildman–Crippen LogP) is 3.76. The van der Waals surface area contributed by atoms with Gasteiger partial charge in [-0.25, -0.2) is 9.97 Å². The van der Waals surface area contributed by atoms with Gasteiger partial charge in [-0.3, -0.25) is 0 Å². The lowest BCUT2D eigenvalue weighted by molar-refractivity contribution is 0.128. The van der Waals surface area contributed by atoms with Crippen molar-refractivity contribution in [3.05, 3.63) is 40.7 Å². The van der Waals surface area contributed by atoms with Crippen LogP contribution in [-0.4, -0.2) is 23.6 Å². The highest BCUT2D eigenvalue weighted by molar-refractivity contribution is 6.31. The summed E-state index contributed by atoms with van der Waals surface area (Å²) in [4.78, 5) is 8.81. The van der Waals surface area contributed by atoms with Crippen molar-refractivity contribution in [1.82, 2.24) is 9.97 Å². The Balaban J connectivity index is 2.28. The molecule has 112 valence electrons. The molecule has 0 aliphatic carbocycles. The summed E-state index contributed by atoms with van der Waals surface area (Å²) in [7, 11) is 1.82. The van der Waals surface area contributed by atoms with Crippen molar-refractivity contribution in [2.75, 3.05) is 24.3 Å². The minimum Gasteiger partial charge on any atom is -0.374 e. The number of rotatable bonds is 6. The summed E-state index contributed by atoms with van der Waals surface area (Å²) in [6.07, 6.45) is 0. The Morgan fingerprint density at radius 3 is 2.71 bits per heavy atom. The van der Waals surface area contributed by atoms with Crippen molar-refractivity contribution in [2.45, 2.75) is 20.5 Å². The van der Waals surface area contributed by atoms with Crippen molar-refractivity contribution >= 4 is 28.9 Å². The molecule has 0 fully saturated rings. The molecule has 0 amide bonds. The van der Waals surface area contributed by atoms with Gasteiger partial charge < -0.3 is 15.4 Å². The van der Waals surface area contributed by atoms with Crippen LogP contribution < -0.4 is 10.6 Å². The third kappa shape index (κ3) is 4.06. The van der Waals surface area contributed by atoms with Crippen LogP contribution in [0, 0.1) is 6.92 Å². The number of aromatic nitrogens is 2. The Kier molecular flexibility index (Phi) is 5.36. The number of nitrogens with one attached hydrogen (secondary N) is 2. The molecule has 1 heterocycles. The minimum atomic E-state index is 0.384. The fraction of sp³-hybridized carbons (Fsp3) is 0.333. The van der Waals surface area contributed by atoms with Crippen molar-refractivity contribution in [2.24, 2.45) is 0 Å². The Morgan fingerprint density at radius 2 is 2.00 bits per heavy atom. The van der Waals surface area contributed by atoms with Crippen LogP contribution in [0.5, 0.6) is 0 Å². The lowest BCUT2D eigenvalue weighted by Gasteiger charge is -2.12. The molecule has 2 rings (SSSR count). The zero-order valence-electron chi connectivity index (χ0n) is 12.4. The molecule has 2 aromatic rings. The highest BCUT2D eigenvalue weighted by Gasteiger charge is 2.07. The lowest BCUT2D eigenvalue weighted by Crippen LogP contribution is -2.06. The van der Waals surface area contributed by atoms with Gasteiger partial charge in [-0.2, -0.15) is 0 Å². The summed E-state index contributed by atoms with van der Waals surface area (Å²) < 4.78 is 5.37. The van der Waals surface area contributed by atoms with Crippen LogP contribution in [0.3, 0.4) is 0 Å². The van der Waals surface area contributed by atoms with E-state index in [-0.39, 0.29) is 0 Å². The molecular weight excluding hydrogens is 288 g/mol. The predicted molar refractivity (Wildman–Crippen MR) is 86.4 cm³/mol. The van der Waals surface area contributed by atoms with Gasteiger partial charge in [0.1, 0.15) is 18.2 Å². The van der Waals surface area contributed by atoms with E-state index in [0.29, 0.717) is 24.9 Å². The van der Waals surface area contributed by atoms with Gasteiger partial charge in [-0.05, 0) is 31.5 Å². The normalized spacial score (nSPS) is 10.5. The molecule has 0 aliphatic rings. The summed E-state index contributed by atoms with van der Waals surface area (Å²) in [5, 5.41) is 7.02. The van der Waals surface area contributed by atoms with Crippen LogP contribution in [0.2, 0.25) is 5.02 Å². The largest absolute Gasteiger partial charge is 0.374 e. The highest BCUT2D eigenvalue weighted by Crippen LogP contribution is 2.26. The number of benzene rings is 1. The first-order valence-corrected chi connectivity index (χ1v) is 7.17. The molecule has 2 N–H and O–H groups in total. The van der Waals surface area contributed by atoms with Crippen molar-refractivity contribution in [1.29, 1.82) is 0 Å². The molecule has 0 saturated carbocycles. The first-order valence-electron chi connectivity index (χ1n) is 6.79. The van der Waals surface area contributed by atoms with Gasteiger partial charge in [0.25, 0.3) is 0 Å². The van der Waals surface area contributed by atoms with Crippen molar-refractivity contribution in [3.8, 4) is 0 Å². The number of nitrogens with zero attached hydrogens (tertiary/aromatic N) is 2. The van der Waals surface area contributed by atoms with E-state index >= 15 is 0 Å². The summed E-state index contributed by atoms with van der Waals surface area (Å²) in [6.45, 7) is 4.92. The topological polar surface area (TPSA) is 59.1 Å². The first kappa shape index (κ1) is 15.5. The lowest BCUT2D eigenvalue weighted by atomic mass is 10.2. The van der Waals surface area contributed by atoms with Gasteiger partial charge in [0, 0.05) is 30.4 Å². The molecule has 5 nitrogen and oxygen atoms in total. The molecule has 0 aliphatic heterocycles. The van der Waals surface area contributed by atoms with Crippen molar-refractivity contribution < 1.29 is 4.74 Å². The van der Waals surface area contributed by atoms with Crippen LogP contribution in [-0.2, 0) is 11.3 Å². The summed E-state index contributed by atoms with van der Waals surface area (Å²) in [6, 6.07) is 7.57. The smallest absolute Gasteiger partial charge is 0.158 e. The van der Waals surface area contributed by atoms with Crippen molar-refractivity contribution in [3.63, 3.8) is 0 Å². The maximum absolute atomic E-state index is 6.13. The Hall–Kier alpha value is -1.85. The Labute approximate surface area is 129 Å². The van der Waals surface area contributed by atoms with E-state index in [1.807, 2.05) is 45.2 Å². The summed E-state index contributed by atoms with van der Waals surface area (Å²) in [5.41, 5.74) is 1.90. The zero-order valence-corrected chi connectivity index (χ0v) is 13.2. The summed E-state index contributed by atoms with van der Waals surface area (Å²) in [5.74, 6) is 2.07. The fourth-order valence-corrected chi connectivity index (χ4v) is 2.00. The van der Waals surface area contributed by atoms with Gasteiger partial charge in [-0.15, -0.1) is 0 Å². The van der Waals surface area contributed by atoms with Crippen LogP contribution in [0.4, 0.5) is 17.3 Å². The van der Waals surface area contributed by atoms with Crippen LogP contribution in [0.15, 0.2) is 24.3 Å². The number of halogens is 1. The van der Waals surface area contributed by atoms with E-state index in [0.717, 1.165) is 22.1 Å². The number of ether oxygens (including phenoxy) is 1. The standard InChI is InChI=1S/C15H19ClN4O/c1-4-21-9-15-19-13(17-3)8-14(20-15)18-12-7-5-6-11(16)10(12)2/h5-8H,4,9H2,1-3H3,(H2,17,18,19,20). The average molecular weight is 307 g/mol. The molecule has 1 aromatic carbocycles. The second-order valence-electron chi connectivity index (χ2n) is 4.48. The van der Waals surface area contributed by atoms with Crippen LogP contribution in [0.1, 0.15) is 18.3 Å². The fourth-order valence-electron chi connectivity index (χ4n) is 1.83. The SMILES string of the molecule is CCOCc1nc(NC)cc(Nc2cccc(Cl)c2C)n1. The quantitative estimate of drug-likeness (QED) is 0.851. The third-order valence-corrected chi connectivity index (χ3v) is 3.40. The van der Waals surface area contributed by atoms with Crippen LogP contribution in [0.25, 0.3) is 0 Å². The second-order valence-corrected chi connectivity index (χ2v) is 4.89. The molecular formula is C15H19ClN4O. The molecule has 21 heavy (non-hydrogen) atoms. The van der Waals surface area contributed by atoms with E-state index in [9.17, 15) is 0 Å². The van der Waals surface area contributed by atoms with Gasteiger partial charge in [0.2, 0.25) is 0 Å². The second kappa shape index (κ2) is 7.24. The molecule has 0 radical (unpaired) electrons. The van der Waals surface area contributed by atoms with E-state index in [4.69, 9.17) is 16.3 Å². The van der Waals surface area contributed by atoms with E-state index in [2.05, 4.69) is 20.6 Å². The number of hydrogen-bond donors (Lipinski definition) is 2. The molecule has 0 saturated heterocycles. The van der Waals surface area contributed by atoms with Gasteiger partial charge in [0.15, 0.2) is 5.82 Å². The maximum Gasteiger partial charge on any atom is 0.158 e. The van der Waals surface area contributed by atoms with Crippen LogP contribution >= 0.6 is 11.6 Å². The van der Waals surface area contributed by atoms with E-state index in [1.165, 1.54) is 0 Å². The molecule has 0 unspecified atom stereocenters. The first-order chi connectivity index (χ1) is 10.1. The molecule has 0 spiro atoms. The van der Waals surface area contributed by atoms with Gasteiger partial charge >= 0.3 is 0 Å². The monoisotopic (exact) mass is 306 g/mol. The highest BCUT2D eigenvalue weighted by atomic mass is 35.5. The molecule has 1 aromatic heterocycles. The number of anilines is 3. The molecule has 0 bridgehead atoms. The summed E-state index contributed by atoms with van der Waals surface area (Å²) >= 11 is 6.13. The maximum atomic E-state index is 6.13. The Morgan fingerprint density at radius 1 is 1.24 bits per heavy atom.